The largest absolute Gasteiger partial charge is 0.272 e. The Bertz CT molecular complexity index is 1600. The van der Waals surface area contributed by atoms with Gasteiger partial charge in [0.25, 0.3) is 11.6 Å². The molecule has 0 unspecified atom stereocenters. The second-order valence-corrected chi connectivity index (χ2v) is 10.8. The Hall–Kier alpha value is -4.20. The van der Waals surface area contributed by atoms with Gasteiger partial charge >= 0.3 is 0 Å². The molecule has 2 N–H and O–H groups in total. The smallest absolute Gasteiger partial charge is 0.269 e. The van der Waals surface area contributed by atoms with Gasteiger partial charge in [-0.25, -0.2) is 23.2 Å². The van der Waals surface area contributed by atoms with Crippen molar-refractivity contribution in [1.29, 1.82) is 0 Å². The fourth-order valence-electron chi connectivity index (χ4n) is 3.35. The zero-order chi connectivity index (χ0) is 27.3. The number of nitrogens with zero attached hydrogens (tertiary/aromatic N) is 4. The number of hydrogen-bond acceptors (Lipinski definition) is 7. The van der Waals surface area contributed by atoms with E-state index in [1.54, 1.807) is 35.1 Å². The van der Waals surface area contributed by atoms with Crippen LogP contribution in [0.15, 0.2) is 93.5 Å². The summed E-state index contributed by atoms with van der Waals surface area (Å²) in [5.74, 6) is -0.662. The molecule has 0 aliphatic rings. The minimum absolute atomic E-state index is 0.0449. The van der Waals surface area contributed by atoms with Crippen LogP contribution in [0, 0.1) is 17.0 Å². The van der Waals surface area contributed by atoms with Gasteiger partial charge in [-0.1, -0.05) is 45.8 Å². The third-order valence-electron chi connectivity index (χ3n) is 5.33. The Balaban J connectivity index is 1.50. The monoisotopic (exact) mass is 596 g/mol. The van der Waals surface area contributed by atoms with Crippen molar-refractivity contribution in [2.45, 2.75) is 11.8 Å². The van der Waals surface area contributed by atoms with Crippen molar-refractivity contribution in [3.8, 4) is 16.9 Å². The number of carbonyl (C=O) groups is 1. The van der Waals surface area contributed by atoms with Crippen LogP contribution in [0.2, 0.25) is 0 Å². The average Bonchev–Trinajstić information content (AvgIpc) is 3.32. The zero-order valence-electron chi connectivity index (χ0n) is 19.9. The van der Waals surface area contributed by atoms with Crippen LogP contribution in [0.1, 0.15) is 11.1 Å². The lowest BCUT2D eigenvalue weighted by molar-refractivity contribution is -0.384. The number of aromatic nitrogens is 2. The lowest BCUT2D eigenvalue weighted by Gasteiger charge is -2.06. The van der Waals surface area contributed by atoms with Gasteiger partial charge in [0.15, 0.2) is 0 Å². The van der Waals surface area contributed by atoms with E-state index in [0.29, 0.717) is 16.9 Å². The van der Waals surface area contributed by atoms with E-state index >= 15 is 0 Å². The van der Waals surface area contributed by atoms with E-state index in [-0.39, 0.29) is 10.6 Å². The summed E-state index contributed by atoms with van der Waals surface area (Å²) in [6, 6.07) is 19.5. The first kappa shape index (κ1) is 26.9. The Morgan fingerprint density at radius 2 is 1.74 bits per heavy atom. The standard InChI is InChI=1S/C25H21BrN6O5S/c1-17-2-12-23(13-3-17)38(36,37)28-15-24(33)29-27-14-19-16-31(21-8-10-22(11-9-21)32(34)35)30-25(19)18-4-6-20(26)7-5-18/h2-14,16,28H,15H2,1H3,(H,29,33). The summed E-state index contributed by atoms with van der Waals surface area (Å²) in [5, 5.41) is 19.5. The highest BCUT2D eigenvalue weighted by Crippen LogP contribution is 2.25. The van der Waals surface area contributed by atoms with Crippen molar-refractivity contribution in [2.75, 3.05) is 6.54 Å². The van der Waals surface area contributed by atoms with E-state index < -0.39 is 27.4 Å². The summed E-state index contributed by atoms with van der Waals surface area (Å²) in [7, 11) is -3.85. The van der Waals surface area contributed by atoms with Crippen LogP contribution < -0.4 is 10.1 Å². The number of rotatable bonds is 9. The van der Waals surface area contributed by atoms with Gasteiger partial charge in [-0.3, -0.25) is 14.9 Å². The molecule has 1 amide bonds. The van der Waals surface area contributed by atoms with Crippen LogP contribution in [-0.4, -0.2) is 41.8 Å². The summed E-state index contributed by atoms with van der Waals surface area (Å²) in [5.41, 5.74) is 5.63. The van der Waals surface area contributed by atoms with E-state index in [1.807, 2.05) is 31.2 Å². The highest BCUT2D eigenvalue weighted by atomic mass is 79.9. The molecule has 0 radical (unpaired) electrons. The molecule has 3 aromatic carbocycles. The molecule has 0 aliphatic carbocycles. The van der Waals surface area contributed by atoms with Crippen molar-refractivity contribution in [1.82, 2.24) is 19.9 Å². The molecule has 194 valence electrons. The summed E-state index contributed by atoms with van der Waals surface area (Å²) in [6.45, 7) is 1.34. The molecule has 11 nitrogen and oxygen atoms in total. The summed E-state index contributed by atoms with van der Waals surface area (Å²) >= 11 is 3.40. The van der Waals surface area contributed by atoms with Gasteiger partial charge in [-0.2, -0.15) is 10.2 Å². The molecule has 4 rings (SSSR count). The second-order valence-electron chi connectivity index (χ2n) is 8.09. The highest BCUT2D eigenvalue weighted by molar-refractivity contribution is 9.10. The molecular weight excluding hydrogens is 576 g/mol. The maximum absolute atomic E-state index is 12.4. The van der Waals surface area contributed by atoms with E-state index in [9.17, 15) is 23.3 Å². The van der Waals surface area contributed by atoms with Gasteiger partial charge in [-0.05, 0) is 43.3 Å². The quantitative estimate of drug-likeness (QED) is 0.170. The average molecular weight is 597 g/mol. The molecule has 0 fully saturated rings. The number of halogens is 1. The van der Waals surface area contributed by atoms with Gasteiger partial charge in [0, 0.05) is 33.9 Å². The molecule has 0 bridgehead atoms. The molecule has 0 aliphatic heterocycles. The van der Waals surface area contributed by atoms with Crippen molar-refractivity contribution >= 4 is 43.8 Å². The number of sulfonamides is 1. The van der Waals surface area contributed by atoms with Crippen LogP contribution >= 0.6 is 15.9 Å². The molecule has 13 heteroatoms. The topological polar surface area (TPSA) is 149 Å². The number of nitrogens with one attached hydrogen (secondary N) is 2. The Labute approximate surface area is 226 Å². The zero-order valence-corrected chi connectivity index (χ0v) is 22.3. The normalized spacial score (nSPS) is 11.5. The van der Waals surface area contributed by atoms with Gasteiger partial charge < -0.3 is 0 Å². The third-order valence-corrected chi connectivity index (χ3v) is 7.28. The van der Waals surface area contributed by atoms with Crippen molar-refractivity contribution in [3.05, 3.63) is 105 Å². The first-order chi connectivity index (χ1) is 18.1. The number of nitro groups is 1. The molecule has 0 spiro atoms. The van der Waals surface area contributed by atoms with E-state index in [4.69, 9.17) is 0 Å². The van der Waals surface area contributed by atoms with Crippen LogP contribution in [-0.2, 0) is 14.8 Å². The Kier molecular flexibility index (Phi) is 8.10. The summed E-state index contributed by atoms with van der Waals surface area (Å²) in [6.07, 6.45) is 3.05. The van der Waals surface area contributed by atoms with Crippen LogP contribution in [0.3, 0.4) is 0 Å². The number of hydrazone groups is 1. The third kappa shape index (κ3) is 6.56. The molecule has 38 heavy (non-hydrogen) atoms. The van der Waals surface area contributed by atoms with E-state index in [0.717, 1.165) is 15.6 Å². The van der Waals surface area contributed by atoms with E-state index in [2.05, 4.69) is 36.3 Å². The summed E-state index contributed by atoms with van der Waals surface area (Å²) in [4.78, 5) is 22.8. The van der Waals surface area contributed by atoms with Crippen LogP contribution in [0.5, 0.6) is 0 Å². The Morgan fingerprint density at radius 1 is 1.08 bits per heavy atom. The maximum Gasteiger partial charge on any atom is 0.269 e. The van der Waals surface area contributed by atoms with Crippen LogP contribution in [0.4, 0.5) is 5.69 Å². The molecule has 4 aromatic rings. The van der Waals surface area contributed by atoms with Gasteiger partial charge in [-0.15, -0.1) is 0 Å². The molecular formula is C25H21BrN6O5S. The van der Waals surface area contributed by atoms with Gasteiger partial charge in [0.05, 0.1) is 28.3 Å². The van der Waals surface area contributed by atoms with Crippen molar-refractivity contribution < 1.29 is 18.1 Å². The number of hydrogen-bond donors (Lipinski definition) is 2. The number of carbonyl (C=O) groups excluding carboxylic acids is 1. The Morgan fingerprint density at radius 3 is 2.37 bits per heavy atom. The van der Waals surface area contributed by atoms with Crippen molar-refractivity contribution in [3.63, 3.8) is 0 Å². The molecule has 1 heterocycles. The van der Waals surface area contributed by atoms with Crippen LogP contribution in [0.25, 0.3) is 16.9 Å². The maximum atomic E-state index is 12.4. The van der Waals surface area contributed by atoms with Crippen molar-refractivity contribution in [2.24, 2.45) is 5.10 Å². The van der Waals surface area contributed by atoms with Gasteiger partial charge in [0.2, 0.25) is 10.0 Å². The first-order valence-corrected chi connectivity index (χ1v) is 13.4. The van der Waals surface area contributed by atoms with E-state index in [1.165, 1.54) is 30.5 Å². The lowest BCUT2D eigenvalue weighted by Crippen LogP contribution is -2.34. The number of benzene rings is 3. The molecule has 0 saturated heterocycles. The number of non-ortho nitro benzene ring substituents is 1. The summed E-state index contributed by atoms with van der Waals surface area (Å²) < 4.78 is 29.4. The molecule has 1 aromatic heterocycles. The fraction of sp³-hybridized carbons (Fsp3) is 0.0800. The predicted molar refractivity (Wildman–Crippen MR) is 145 cm³/mol. The predicted octanol–water partition coefficient (Wildman–Crippen LogP) is 3.95. The lowest BCUT2D eigenvalue weighted by atomic mass is 10.1. The van der Waals surface area contributed by atoms with Gasteiger partial charge in [0.1, 0.15) is 5.69 Å². The molecule has 0 saturated carbocycles. The SMILES string of the molecule is Cc1ccc(S(=O)(=O)NCC(=O)NN=Cc2cn(-c3ccc([N+](=O)[O-])cc3)nc2-c2ccc(Br)cc2)cc1. The minimum atomic E-state index is -3.85. The minimum Gasteiger partial charge on any atom is -0.272 e. The number of amides is 1. The first-order valence-electron chi connectivity index (χ1n) is 11.1. The number of nitro benzene ring substituents is 1. The highest BCUT2D eigenvalue weighted by Gasteiger charge is 2.16. The molecule has 0 atom stereocenters. The fourth-order valence-corrected chi connectivity index (χ4v) is 4.59. The number of aryl methyl sites for hydroxylation is 1. The second kappa shape index (κ2) is 11.5.